The second-order valence-electron chi connectivity index (χ2n) is 6.59. The van der Waals surface area contributed by atoms with Crippen LogP contribution in [0.2, 0.25) is 15.1 Å². The lowest BCUT2D eigenvalue weighted by Gasteiger charge is -2.06. The summed E-state index contributed by atoms with van der Waals surface area (Å²) in [7, 11) is 0. The molecule has 8 heteroatoms. The molecule has 1 amide bonds. The number of aryl methyl sites for hydroxylation is 1. The van der Waals surface area contributed by atoms with Crippen LogP contribution in [0.15, 0.2) is 66.7 Å². The Morgan fingerprint density at radius 2 is 1.57 bits per heavy atom. The fourth-order valence-electron chi connectivity index (χ4n) is 2.83. The molecule has 4 rings (SSSR count). The van der Waals surface area contributed by atoms with Gasteiger partial charge in [-0.05, 0) is 61.5 Å². The number of hydrogen-bond acceptors (Lipinski definition) is 3. The van der Waals surface area contributed by atoms with Crippen LogP contribution in [0.1, 0.15) is 16.2 Å². The number of carbonyl (C=O) groups excluding carboxylic acids is 1. The largest absolute Gasteiger partial charge is 0.318 e. The van der Waals surface area contributed by atoms with E-state index in [-0.39, 0.29) is 5.82 Å². The highest BCUT2D eigenvalue weighted by atomic mass is 35.5. The average molecular weight is 458 g/mol. The van der Waals surface area contributed by atoms with Gasteiger partial charge in [-0.2, -0.15) is 0 Å². The Labute approximate surface area is 188 Å². The van der Waals surface area contributed by atoms with Crippen molar-refractivity contribution in [2.75, 3.05) is 5.32 Å². The Hall–Kier alpha value is -2.86. The van der Waals surface area contributed by atoms with E-state index in [0.29, 0.717) is 26.6 Å². The van der Waals surface area contributed by atoms with Crippen LogP contribution in [0.5, 0.6) is 0 Å². The lowest BCUT2D eigenvalue weighted by Crippen LogP contribution is -2.14. The maximum Gasteiger partial charge on any atom is 0.295 e. The molecule has 0 saturated carbocycles. The summed E-state index contributed by atoms with van der Waals surface area (Å²) >= 11 is 18.1. The molecule has 3 aromatic carbocycles. The van der Waals surface area contributed by atoms with E-state index in [9.17, 15) is 4.79 Å². The van der Waals surface area contributed by atoms with Crippen LogP contribution in [0, 0.1) is 6.92 Å². The molecule has 0 spiro atoms. The molecule has 0 saturated heterocycles. The number of nitrogens with one attached hydrogen (secondary N) is 1. The molecule has 5 nitrogen and oxygen atoms in total. The van der Waals surface area contributed by atoms with Crippen LogP contribution in [0.3, 0.4) is 0 Å². The summed E-state index contributed by atoms with van der Waals surface area (Å²) in [4.78, 5) is 17.3. The number of aromatic nitrogens is 3. The van der Waals surface area contributed by atoms with Gasteiger partial charge in [-0.15, -0.1) is 5.10 Å². The van der Waals surface area contributed by atoms with Gasteiger partial charge >= 0.3 is 0 Å². The lowest BCUT2D eigenvalue weighted by atomic mass is 10.2. The van der Waals surface area contributed by atoms with Gasteiger partial charge in [-0.25, -0.2) is 9.67 Å². The van der Waals surface area contributed by atoms with Crippen molar-refractivity contribution < 1.29 is 4.79 Å². The topological polar surface area (TPSA) is 59.8 Å². The normalized spacial score (nSPS) is 10.8. The summed E-state index contributed by atoms with van der Waals surface area (Å²) in [5.41, 5.74) is 3.09. The number of hydrogen-bond donors (Lipinski definition) is 1. The van der Waals surface area contributed by atoms with Crippen molar-refractivity contribution in [3.8, 4) is 17.1 Å². The third-order valence-electron chi connectivity index (χ3n) is 4.37. The van der Waals surface area contributed by atoms with E-state index in [0.717, 1.165) is 16.8 Å². The molecule has 0 bridgehead atoms. The number of benzene rings is 3. The number of nitrogens with zero attached hydrogens (tertiary/aromatic N) is 3. The zero-order chi connectivity index (χ0) is 21.3. The van der Waals surface area contributed by atoms with E-state index >= 15 is 0 Å². The summed E-state index contributed by atoms with van der Waals surface area (Å²) in [6, 6.07) is 19.8. The highest BCUT2D eigenvalue weighted by Gasteiger charge is 2.19. The maximum atomic E-state index is 12.8. The minimum atomic E-state index is -0.486. The zero-order valence-electron chi connectivity index (χ0n) is 15.7. The van der Waals surface area contributed by atoms with Gasteiger partial charge in [-0.1, -0.05) is 52.5 Å². The van der Waals surface area contributed by atoms with Crippen molar-refractivity contribution >= 4 is 46.4 Å². The highest BCUT2D eigenvalue weighted by molar-refractivity contribution is 6.36. The third kappa shape index (κ3) is 4.33. The quantitative estimate of drug-likeness (QED) is 0.383. The monoisotopic (exact) mass is 456 g/mol. The SMILES string of the molecule is Cc1ccc(-n2nc(C(=O)Nc3ccc(Cl)cc3Cl)nc2-c2ccc(Cl)cc2)cc1. The first-order chi connectivity index (χ1) is 14.4. The molecule has 1 heterocycles. The van der Waals surface area contributed by atoms with E-state index in [1.165, 1.54) is 0 Å². The maximum absolute atomic E-state index is 12.8. The minimum Gasteiger partial charge on any atom is -0.318 e. The van der Waals surface area contributed by atoms with Crippen LogP contribution >= 0.6 is 34.8 Å². The van der Waals surface area contributed by atoms with Crippen LogP contribution in [-0.4, -0.2) is 20.7 Å². The molecular weight excluding hydrogens is 443 g/mol. The molecule has 150 valence electrons. The highest BCUT2D eigenvalue weighted by Crippen LogP contribution is 2.27. The summed E-state index contributed by atoms with van der Waals surface area (Å²) in [6.45, 7) is 2.00. The Bertz CT molecular complexity index is 1160. The van der Waals surface area contributed by atoms with Gasteiger partial charge in [-0.3, -0.25) is 4.79 Å². The fourth-order valence-corrected chi connectivity index (χ4v) is 3.41. The minimum absolute atomic E-state index is 0.00606. The van der Waals surface area contributed by atoms with E-state index in [4.69, 9.17) is 34.8 Å². The lowest BCUT2D eigenvalue weighted by molar-refractivity contribution is 0.101. The summed E-state index contributed by atoms with van der Waals surface area (Å²) in [5, 5.41) is 8.58. The average Bonchev–Trinajstić information content (AvgIpc) is 3.17. The van der Waals surface area contributed by atoms with Crippen molar-refractivity contribution in [3.05, 3.63) is 93.2 Å². The van der Waals surface area contributed by atoms with Crippen LogP contribution in [-0.2, 0) is 0 Å². The summed E-state index contributed by atoms with van der Waals surface area (Å²) in [6.07, 6.45) is 0. The Morgan fingerprint density at radius 3 is 2.23 bits per heavy atom. The molecule has 0 atom stereocenters. The van der Waals surface area contributed by atoms with Crippen molar-refractivity contribution in [3.63, 3.8) is 0 Å². The first-order valence-corrected chi connectivity index (χ1v) is 10.1. The van der Waals surface area contributed by atoms with Gasteiger partial charge in [0.15, 0.2) is 5.82 Å². The molecule has 1 aromatic heterocycles. The van der Waals surface area contributed by atoms with Gasteiger partial charge in [0.05, 0.1) is 16.4 Å². The number of anilines is 1. The molecule has 30 heavy (non-hydrogen) atoms. The standard InChI is InChI=1S/C22H15Cl3N4O/c1-13-2-9-17(10-3-13)29-21(14-4-6-15(23)7-5-14)27-20(28-29)22(30)26-19-11-8-16(24)12-18(19)25/h2-12H,1H3,(H,26,30). The van der Waals surface area contributed by atoms with E-state index < -0.39 is 5.91 Å². The zero-order valence-corrected chi connectivity index (χ0v) is 18.0. The van der Waals surface area contributed by atoms with Gasteiger partial charge in [0.2, 0.25) is 5.82 Å². The Kier molecular flexibility index (Phi) is 5.77. The first-order valence-electron chi connectivity index (χ1n) is 8.97. The molecule has 0 aliphatic rings. The van der Waals surface area contributed by atoms with Crippen molar-refractivity contribution in [2.45, 2.75) is 6.92 Å². The number of carbonyl (C=O) groups is 1. The Morgan fingerprint density at radius 1 is 0.900 bits per heavy atom. The van der Waals surface area contributed by atoms with Crippen LogP contribution < -0.4 is 5.32 Å². The third-order valence-corrected chi connectivity index (χ3v) is 5.17. The van der Waals surface area contributed by atoms with E-state index in [1.54, 1.807) is 35.0 Å². The molecule has 0 aliphatic heterocycles. The van der Waals surface area contributed by atoms with Crippen LogP contribution in [0.4, 0.5) is 5.69 Å². The first kappa shape index (κ1) is 20.4. The van der Waals surface area contributed by atoms with Gasteiger partial charge in [0, 0.05) is 15.6 Å². The van der Waals surface area contributed by atoms with E-state index in [2.05, 4.69) is 15.4 Å². The second kappa shape index (κ2) is 8.48. The van der Waals surface area contributed by atoms with Crippen LogP contribution in [0.25, 0.3) is 17.1 Å². The molecule has 0 unspecified atom stereocenters. The fraction of sp³-hybridized carbons (Fsp3) is 0.0455. The van der Waals surface area contributed by atoms with Gasteiger partial charge in [0.1, 0.15) is 0 Å². The molecular formula is C22H15Cl3N4O. The molecule has 0 aliphatic carbocycles. The summed E-state index contributed by atoms with van der Waals surface area (Å²) in [5.74, 6) is 0.0368. The predicted octanol–water partition coefficient (Wildman–Crippen LogP) is 6.46. The number of amides is 1. The Balaban J connectivity index is 1.75. The summed E-state index contributed by atoms with van der Waals surface area (Å²) < 4.78 is 1.63. The van der Waals surface area contributed by atoms with Gasteiger partial charge < -0.3 is 5.32 Å². The molecule has 0 radical (unpaired) electrons. The molecule has 0 fully saturated rings. The van der Waals surface area contributed by atoms with Crippen molar-refractivity contribution in [2.24, 2.45) is 0 Å². The van der Waals surface area contributed by atoms with Gasteiger partial charge in [0.25, 0.3) is 5.91 Å². The number of halogens is 3. The van der Waals surface area contributed by atoms with Crippen molar-refractivity contribution in [1.82, 2.24) is 14.8 Å². The molecule has 1 N–H and O–H groups in total. The smallest absolute Gasteiger partial charge is 0.295 e. The number of rotatable bonds is 4. The van der Waals surface area contributed by atoms with E-state index in [1.807, 2.05) is 43.3 Å². The molecule has 4 aromatic rings. The van der Waals surface area contributed by atoms with Crippen molar-refractivity contribution in [1.29, 1.82) is 0 Å². The second-order valence-corrected chi connectivity index (χ2v) is 7.87. The predicted molar refractivity (Wildman–Crippen MR) is 121 cm³/mol.